The normalized spacial score (nSPS) is 21.8. The molecule has 0 aromatic carbocycles. The Balaban J connectivity index is 1.68. The maximum atomic E-state index is 9.32. The molecule has 1 aromatic heterocycles. The molecular weight excluding hydrogens is 214 g/mol. The molecule has 1 aliphatic carbocycles. The summed E-state index contributed by atoms with van der Waals surface area (Å²) in [4.78, 5) is 9.03. The zero-order valence-electron chi connectivity index (χ0n) is 10.0. The van der Waals surface area contributed by atoms with Gasteiger partial charge in [0.25, 0.3) is 0 Å². The molecule has 0 bridgehead atoms. The van der Waals surface area contributed by atoms with E-state index < -0.39 is 0 Å². The Morgan fingerprint density at radius 2 is 2.00 bits per heavy atom. The molecule has 17 heavy (non-hydrogen) atoms. The summed E-state index contributed by atoms with van der Waals surface area (Å²) in [6, 6.07) is 2.88. The zero-order chi connectivity index (χ0) is 11.7. The van der Waals surface area contributed by atoms with Gasteiger partial charge >= 0.3 is 0 Å². The Kier molecular flexibility index (Phi) is 2.99. The first-order valence-corrected chi connectivity index (χ1v) is 6.41. The van der Waals surface area contributed by atoms with E-state index in [9.17, 15) is 5.11 Å². The van der Waals surface area contributed by atoms with Crippen molar-refractivity contribution in [2.75, 3.05) is 31.1 Å². The fraction of sp³-hybridized carbons (Fsp3) is 0.615. The van der Waals surface area contributed by atoms with E-state index >= 15 is 0 Å². The number of anilines is 1. The van der Waals surface area contributed by atoms with E-state index in [1.54, 1.807) is 6.20 Å². The first-order valence-electron chi connectivity index (χ1n) is 6.41. The molecule has 2 fully saturated rings. The van der Waals surface area contributed by atoms with Crippen LogP contribution in [0.15, 0.2) is 18.5 Å². The summed E-state index contributed by atoms with van der Waals surface area (Å²) >= 11 is 0. The lowest BCUT2D eigenvalue weighted by Crippen LogP contribution is -2.47. The average molecular weight is 233 g/mol. The molecule has 2 heterocycles. The summed E-state index contributed by atoms with van der Waals surface area (Å²) in [5.74, 6) is 0. The molecule has 4 nitrogen and oxygen atoms in total. The monoisotopic (exact) mass is 233 g/mol. The molecule has 1 saturated carbocycles. The molecule has 4 heteroatoms. The quantitative estimate of drug-likeness (QED) is 0.840. The predicted molar refractivity (Wildman–Crippen MR) is 67.0 cm³/mol. The molecule has 0 amide bonds. The van der Waals surface area contributed by atoms with Gasteiger partial charge in [-0.3, -0.25) is 9.88 Å². The van der Waals surface area contributed by atoms with Crippen molar-refractivity contribution in [2.24, 2.45) is 0 Å². The highest BCUT2D eigenvalue weighted by molar-refractivity contribution is 5.52. The van der Waals surface area contributed by atoms with Crippen molar-refractivity contribution < 1.29 is 5.11 Å². The van der Waals surface area contributed by atoms with E-state index in [2.05, 4.69) is 14.8 Å². The number of hydrogen-bond donors (Lipinski definition) is 1. The Labute approximate surface area is 102 Å². The lowest BCUT2D eigenvalue weighted by atomic mass is 10.2. The first-order chi connectivity index (χ1) is 8.38. The van der Waals surface area contributed by atoms with E-state index in [0.29, 0.717) is 0 Å². The fourth-order valence-electron chi connectivity index (χ4n) is 2.62. The van der Waals surface area contributed by atoms with Gasteiger partial charge < -0.3 is 10.0 Å². The van der Waals surface area contributed by atoms with Crippen molar-refractivity contribution in [1.82, 2.24) is 9.88 Å². The van der Waals surface area contributed by atoms with E-state index in [1.807, 2.05) is 12.3 Å². The van der Waals surface area contributed by atoms with Crippen LogP contribution in [0.5, 0.6) is 0 Å². The highest BCUT2D eigenvalue weighted by Crippen LogP contribution is 2.29. The maximum Gasteiger partial charge on any atom is 0.0717 e. The summed E-state index contributed by atoms with van der Waals surface area (Å²) in [5, 5.41) is 9.32. The third kappa shape index (κ3) is 2.28. The van der Waals surface area contributed by atoms with Crippen molar-refractivity contribution >= 4 is 5.69 Å². The zero-order valence-corrected chi connectivity index (χ0v) is 10.0. The fourth-order valence-corrected chi connectivity index (χ4v) is 2.62. The molecular formula is C13H19N3O. The molecule has 1 aliphatic heterocycles. The Morgan fingerprint density at radius 3 is 2.65 bits per heavy atom. The van der Waals surface area contributed by atoms with Gasteiger partial charge in [-0.05, 0) is 18.9 Å². The van der Waals surface area contributed by atoms with Crippen molar-refractivity contribution in [1.29, 1.82) is 0 Å². The molecule has 0 spiro atoms. The van der Waals surface area contributed by atoms with E-state index in [4.69, 9.17) is 0 Å². The van der Waals surface area contributed by atoms with Gasteiger partial charge in [-0.1, -0.05) is 0 Å². The van der Waals surface area contributed by atoms with Crippen LogP contribution < -0.4 is 4.90 Å². The minimum Gasteiger partial charge on any atom is -0.392 e. The standard InChI is InChI=1S/C13H19N3O/c17-10-11-9-14-4-3-13(11)16-7-5-15(6-8-16)12-1-2-12/h3-4,9,12,17H,1-2,5-8,10H2. The van der Waals surface area contributed by atoms with Gasteiger partial charge in [-0.25, -0.2) is 0 Å². The summed E-state index contributed by atoms with van der Waals surface area (Å²) < 4.78 is 0. The molecule has 0 unspecified atom stereocenters. The van der Waals surface area contributed by atoms with Gasteiger partial charge in [0.1, 0.15) is 0 Å². The van der Waals surface area contributed by atoms with Crippen molar-refractivity contribution in [3.05, 3.63) is 24.0 Å². The number of pyridine rings is 1. The van der Waals surface area contributed by atoms with Crippen LogP contribution in [0, 0.1) is 0 Å². The Hall–Kier alpha value is -1.13. The van der Waals surface area contributed by atoms with E-state index in [1.165, 1.54) is 12.8 Å². The third-order valence-electron chi connectivity index (χ3n) is 3.77. The van der Waals surface area contributed by atoms with Gasteiger partial charge in [0.15, 0.2) is 0 Å². The van der Waals surface area contributed by atoms with Crippen LogP contribution in [0.1, 0.15) is 18.4 Å². The van der Waals surface area contributed by atoms with Gasteiger partial charge in [-0.2, -0.15) is 0 Å². The highest BCUT2D eigenvalue weighted by atomic mass is 16.3. The number of aliphatic hydroxyl groups is 1. The van der Waals surface area contributed by atoms with Crippen LogP contribution in [-0.2, 0) is 6.61 Å². The van der Waals surface area contributed by atoms with Crippen molar-refractivity contribution in [2.45, 2.75) is 25.5 Å². The molecule has 0 atom stereocenters. The molecule has 0 radical (unpaired) electrons. The minimum atomic E-state index is 0.0754. The van der Waals surface area contributed by atoms with E-state index in [0.717, 1.165) is 43.5 Å². The summed E-state index contributed by atoms with van der Waals surface area (Å²) in [6.45, 7) is 4.50. The molecule has 92 valence electrons. The SMILES string of the molecule is OCc1cnccc1N1CCN(C2CC2)CC1. The second-order valence-corrected chi connectivity index (χ2v) is 4.92. The number of nitrogens with zero attached hydrogens (tertiary/aromatic N) is 3. The smallest absolute Gasteiger partial charge is 0.0717 e. The molecule has 2 aliphatic rings. The van der Waals surface area contributed by atoms with Crippen LogP contribution in [-0.4, -0.2) is 47.2 Å². The summed E-state index contributed by atoms with van der Waals surface area (Å²) in [5.41, 5.74) is 2.09. The van der Waals surface area contributed by atoms with Crippen LogP contribution in [0.3, 0.4) is 0 Å². The van der Waals surface area contributed by atoms with Crippen molar-refractivity contribution in [3.8, 4) is 0 Å². The molecule has 1 aromatic rings. The second kappa shape index (κ2) is 4.63. The Morgan fingerprint density at radius 1 is 1.24 bits per heavy atom. The van der Waals surface area contributed by atoms with Crippen LogP contribution >= 0.6 is 0 Å². The summed E-state index contributed by atoms with van der Waals surface area (Å²) in [7, 11) is 0. The van der Waals surface area contributed by atoms with Gasteiger partial charge in [0.05, 0.1) is 6.61 Å². The molecule has 1 N–H and O–H groups in total. The molecule has 3 rings (SSSR count). The van der Waals surface area contributed by atoms with Crippen LogP contribution in [0.4, 0.5) is 5.69 Å². The topological polar surface area (TPSA) is 39.6 Å². The average Bonchev–Trinajstić information content (AvgIpc) is 3.23. The number of aromatic nitrogens is 1. The van der Waals surface area contributed by atoms with Gasteiger partial charge in [0.2, 0.25) is 0 Å². The predicted octanol–water partition coefficient (Wildman–Crippen LogP) is 0.858. The summed E-state index contributed by atoms with van der Waals surface area (Å²) in [6.07, 6.45) is 6.35. The number of piperazine rings is 1. The second-order valence-electron chi connectivity index (χ2n) is 4.92. The number of aliphatic hydroxyl groups excluding tert-OH is 1. The van der Waals surface area contributed by atoms with Crippen LogP contribution in [0.25, 0.3) is 0 Å². The van der Waals surface area contributed by atoms with Gasteiger partial charge in [-0.15, -0.1) is 0 Å². The minimum absolute atomic E-state index is 0.0754. The number of rotatable bonds is 3. The highest BCUT2D eigenvalue weighted by Gasteiger charge is 2.31. The number of hydrogen-bond acceptors (Lipinski definition) is 4. The maximum absolute atomic E-state index is 9.32. The molecule has 1 saturated heterocycles. The van der Waals surface area contributed by atoms with Gasteiger partial charge in [0, 0.05) is 55.9 Å². The van der Waals surface area contributed by atoms with E-state index in [-0.39, 0.29) is 6.61 Å². The van der Waals surface area contributed by atoms with Crippen LogP contribution in [0.2, 0.25) is 0 Å². The lowest BCUT2D eigenvalue weighted by molar-refractivity contribution is 0.246. The largest absolute Gasteiger partial charge is 0.392 e. The Bertz CT molecular complexity index is 384. The van der Waals surface area contributed by atoms with Crippen molar-refractivity contribution in [3.63, 3.8) is 0 Å². The lowest BCUT2D eigenvalue weighted by Gasteiger charge is -2.36. The third-order valence-corrected chi connectivity index (χ3v) is 3.77. The first kappa shape index (κ1) is 11.0.